The molecule has 0 atom stereocenters. The van der Waals surface area contributed by atoms with E-state index in [1.54, 1.807) is 17.9 Å². The third-order valence-corrected chi connectivity index (χ3v) is 2.27. The van der Waals surface area contributed by atoms with Gasteiger partial charge in [0.2, 0.25) is 11.8 Å². The molecule has 7 heteroatoms. The number of nitrogens with one attached hydrogen (secondary N) is 1. The number of rotatable bonds is 7. The van der Waals surface area contributed by atoms with Crippen LogP contribution in [0, 0.1) is 12.8 Å². The number of primary amides is 1. The van der Waals surface area contributed by atoms with Crippen LogP contribution in [-0.4, -0.2) is 41.5 Å². The van der Waals surface area contributed by atoms with Crippen LogP contribution in [0.2, 0.25) is 0 Å². The van der Waals surface area contributed by atoms with Crippen LogP contribution >= 0.6 is 0 Å². The Morgan fingerprint density at radius 1 is 1.47 bits per heavy atom. The highest BCUT2D eigenvalue weighted by atomic mass is 16.5. The lowest BCUT2D eigenvalue weighted by Gasteiger charge is -2.21. The summed E-state index contributed by atoms with van der Waals surface area (Å²) in [6.07, 6.45) is 0. The molecule has 19 heavy (non-hydrogen) atoms. The molecule has 0 radical (unpaired) electrons. The van der Waals surface area contributed by atoms with Gasteiger partial charge in [0.15, 0.2) is 5.82 Å². The molecule has 2 amide bonds. The van der Waals surface area contributed by atoms with E-state index in [1.165, 1.54) is 0 Å². The molecule has 0 aliphatic rings. The summed E-state index contributed by atoms with van der Waals surface area (Å²) in [7, 11) is 0. The minimum Gasteiger partial charge on any atom is -0.369 e. The Balaban J connectivity index is 2.52. The molecule has 0 aliphatic heterocycles. The lowest BCUT2D eigenvalue weighted by atomic mass is 10.2. The maximum absolute atomic E-state index is 11.8. The monoisotopic (exact) mass is 268 g/mol. The van der Waals surface area contributed by atoms with Crippen molar-refractivity contribution >= 4 is 17.6 Å². The molecule has 0 aliphatic carbocycles. The highest BCUT2D eigenvalue weighted by Gasteiger charge is 2.15. The van der Waals surface area contributed by atoms with Gasteiger partial charge in [-0.15, -0.1) is 0 Å². The van der Waals surface area contributed by atoms with Crippen LogP contribution in [0.25, 0.3) is 0 Å². The van der Waals surface area contributed by atoms with Gasteiger partial charge in [-0.2, -0.15) is 0 Å². The van der Waals surface area contributed by atoms with Crippen molar-refractivity contribution in [2.75, 3.05) is 25.0 Å². The number of hydrogen-bond donors (Lipinski definition) is 2. The average Bonchev–Trinajstić information content (AvgIpc) is 2.61. The summed E-state index contributed by atoms with van der Waals surface area (Å²) in [6.45, 7) is 6.52. The van der Waals surface area contributed by atoms with Crippen LogP contribution in [-0.2, 0) is 9.59 Å². The smallest absolute Gasteiger partial charge is 0.239 e. The van der Waals surface area contributed by atoms with Crippen molar-refractivity contribution in [2.24, 2.45) is 11.7 Å². The molecule has 1 aromatic heterocycles. The predicted octanol–water partition coefficient (Wildman–Crippen LogP) is 0.365. The number of carbonyl (C=O) groups is 2. The first-order chi connectivity index (χ1) is 8.86. The highest BCUT2D eigenvalue weighted by Crippen LogP contribution is 2.07. The Kier molecular flexibility index (Phi) is 5.50. The molecule has 0 saturated heterocycles. The van der Waals surface area contributed by atoms with Crippen molar-refractivity contribution in [3.05, 3.63) is 11.8 Å². The topological polar surface area (TPSA) is 101 Å². The molecule has 0 fully saturated rings. The molecule has 0 bridgehead atoms. The molecule has 0 aromatic carbocycles. The van der Waals surface area contributed by atoms with Gasteiger partial charge in [0.25, 0.3) is 0 Å². The molecule has 0 saturated carbocycles. The molecule has 1 rings (SSSR count). The minimum atomic E-state index is -0.453. The Labute approximate surface area is 112 Å². The van der Waals surface area contributed by atoms with Gasteiger partial charge in [0.05, 0.1) is 13.1 Å². The molecule has 0 unspecified atom stereocenters. The van der Waals surface area contributed by atoms with E-state index in [0.29, 0.717) is 24.0 Å². The largest absolute Gasteiger partial charge is 0.369 e. The van der Waals surface area contributed by atoms with Gasteiger partial charge < -0.3 is 15.6 Å². The number of carbonyl (C=O) groups excluding carboxylic acids is 2. The molecule has 3 N–H and O–H groups in total. The van der Waals surface area contributed by atoms with E-state index in [0.717, 1.165) is 0 Å². The highest BCUT2D eigenvalue weighted by molar-refractivity contribution is 5.91. The lowest BCUT2D eigenvalue weighted by Crippen LogP contribution is -2.41. The summed E-state index contributed by atoms with van der Waals surface area (Å²) in [5.41, 5.74) is 5.16. The van der Waals surface area contributed by atoms with Gasteiger partial charge in [-0.3, -0.25) is 14.5 Å². The van der Waals surface area contributed by atoms with Crippen LogP contribution in [0.15, 0.2) is 10.6 Å². The SMILES string of the molecule is Cc1cc(NC(=O)CN(CC(N)=O)CC(C)C)no1. The quantitative estimate of drug-likeness (QED) is 0.743. The molecule has 0 spiro atoms. The van der Waals surface area contributed by atoms with Crippen LogP contribution < -0.4 is 11.1 Å². The fourth-order valence-corrected chi connectivity index (χ4v) is 1.73. The summed E-state index contributed by atoms with van der Waals surface area (Å²) < 4.78 is 4.85. The van der Waals surface area contributed by atoms with Gasteiger partial charge in [-0.25, -0.2) is 0 Å². The summed E-state index contributed by atoms with van der Waals surface area (Å²) in [6, 6.07) is 1.62. The molecule has 7 nitrogen and oxygen atoms in total. The first-order valence-corrected chi connectivity index (χ1v) is 6.10. The van der Waals surface area contributed by atoms with Crippen molar-refractivity contribution in [3.63, 3.8) is 0 Å². The molecule has 106 valence electrons. The maximum atomic E-state index is 11.8. The van der Waals surface area contributed by atoms with Crippen LogP contribution in [0.4, 0.5) is 5.82 Å². The third-order valence-electron chi connectivity index (χ3n) is 2.27. The molecular formula is C12H20N4O3. The van der Waals surface area contributed by atoms with Crippen molar-refractivity contribution < 1.29 is 14.1 Å². The number of aromatic nitrogens is 1. The minimum absolute atomic E-state index is 0.0590. The van der Waals surface area contributed by atoms with E-state index in [-0.39, 0.29) is 19.0 Å². The van der Waals surface area contributed by atoms with Crippen molar-refractivity contribution in [3.8, 4) is 0 Å². The Hall–Kier alpha value is -1.89. The van der Waals surface area contributed by atoms with E-state index in [4.69, 9.17) is 10.3 Å². The Morgan fingerprint density at radius 2 is 2.16 bits per heavy atom. The van der Waals surface area contributed by atoms with Gasteiger partial charge in [-0.05, 0) is 12.8 Å². The number of nitrogens with two attached hydrogens (primary N) is 1. The standard InChI is InChI=1S/C12H20N4O3/c1-8(2)5-16(6-10(13)17)7-12(18)14-11-4-9(3)19-15-11/h4,8H,5-7H2,1-3H3,(H2,13,17)(H,14,15,18). The first-order valence-electron chi connectivity index (χ1n) is 6.10. The third kappa shape index (κ3) is 6.01. The second-order valence-corrected chi connectivity index (χ2v) is 4.90. The maximum Gasteiger partial charge on any atom is 0.239 e. The zero-order valence-electron chi connectivity index (χ0n) is 11.5. The van der Waals surface area contributed by atoms with E-state index >= 15 is 0 Å². The molecular weight excluding hydrogens is 248 g/mol. The summed E-state index contributed by atoms with van der Waals surface area (Å²) in [5.74, 6) is 0.611. The van der Waals surface area contributed by atoms with Crippen molar-refractivity contribution in [1.29, 1.82) is 0 Å². The zero-order valence-corrected chi connectivity index (χ0v) is 11.5. The van der Waals surface area contributed by atoms with E-state index < -0.39 is 5.91 Å². The predicted molar refractivity (Wildman–Crippen MR) is 70.3 cm³/mol. The average molecular weight is 268 g/mol. The van der Waals surface area contributed by atoms with Gasteiger partial charge in [-0.1, -0.05) is 19.0 Å². The number of nitrogens with zero attached hydrogens (tertiary/aromatic N) is 2. The summed E-state index contributed by atoms with van der Waals surface area (Å²) >= 11 is 0. The van der Waals surface area contributed by atoms with Crippen molar-refractivity contribution in [1.82, 2.24) is 10.1 Å². The van der Waals surface area contributed by atoms with Crippen LogP contribution in [0.5, 0.6) is 0 Å². The van der Waals surface area contributed by atoms with E-state index in [9.17, 15) is 9.59 Å². The van der Waals surface area contributed by atoms with Gasteiger partial charge in [0.1, 0.15) is 5.76 Å². The number of aryl methyl sites for hydroxylation is 1. The molecule has 1 aromatic rings. The number of amides is 2. The second kappa shape index (κ2) is 6.89. The van der Waals surface area contributed by atoms with Crippen LogP contribution in [0.1, 0.15) is 19.6 Å². The van der Waals surface area contributed by atoms with Crippen LogP contribution in [0.3, 0.4) is 0 Å². The fourth-order valence-electron chi connectivity index (χ4n) is 1.73. The van der Waals surface area contributed by atoms with Crippen molar-refractivity contribution in [2.45, 2.75) is 20.8 Å². The van der Waals surface area contributed by atoms with Gasteiger partial charge in [0, 0.05) is 12.6 Å². The first kappa shape index (κ1) is 15.2. The number of hydrogen-bond acceptors (Lipinski definition) is 5. The zero-order chi connectivity index (χ0) is 14.4. The lowest BCUT2D eigenvalue weighted by molar-refractivity contribution is -0.121. The Bertz CT molecular complexity index is 442. The fraction of sp³-hybridized carbons (Fsp3) is 0.583. The summed E-state index contributed by atoms with van der Waals surface area (Å²) in [4.78, 5) is 24.5. The number of anilines is 1. The van der Waals surface area contributed by atoms with Gasteiger partial charge >= 0.3 is 0 Å². The second-order valence-electron chi connectivity index (χ2n) is 4.90. The van der Waals surface area contributed by atoms with E-state index in [2.05, 4.69) is 10.5 Å². The molecule has 1 heterocycles. The normalized spacial score (nSPS) is 11.0. The summed E-state index contributed by atoms with van der Waals surface area (Å²) in [5, 5.41) is 6.27. The van der Waals surface area contributed by atoms with E-state index in [1.807, 2.05) is 13.8 Å². The Morgan fingerprint density at radius 3 is 2.63 bits per heavy atom.